The number of hydrogen-bond acceptors (Lipinski definition) is 0. The highest BCUT2D eigenvalue weighted by atomic mass is 28.2. The van der Waals surface area contributed by atoms with E-state index in [-0.39, 0.29) is 0 Å². The topological polar surface area (TPSA) is 0 Å². The first-order valence-corrected chi connectivity index (χ1v) is 3.84. The van der Waals surface area contributed by atoms with Gasteiger partial charge in [-0.3, -0.25) is 0 Å². The highest BCUT2D eigenvalue weighted by molar-refractivity contribution is 5.97. The maximum absolute atomic E-state index is 2.30. The Morgan fingerprint density at radius 3 is 1.57 bits per heavy atom. The van der Waals surface area contributed by atoms with Crippen molar-refractivity contribution in [2.75, 3.05) is 20.1 Å². The van der Waals surface area contributed by atoms with Gasteiger partial charge in [0.25, 0.3) is 0 Å². The van der Waals surface area contributed by atoms with E-state index in [0.29, 0.717) is 0 Å². The van der Waals surface area contributed by atoms with Gasteiger partial charge in [-0.2, -0.15) is 0 Å². The fourth-order valence-electron chi connectivity index (χ4n) is 0.224. The average molecular weight is 118 g/mol. The molecule has 0 unspecified atom stereocenters. The zero-order chi connectivity index (χ0) is 5.91. The van der Waals surface area contributed by atoms with E-state index in [1.807, 2.05) is 0 Å². The van der Waals surface area contributed by atoms with E-state index in [0.717, 1.165) is 0 Å². The molecule has 0 aliphatic carbocycles. The molecule has 0 heterocycles. The van der Waals surface area contributed by atoms with E-state index in [1.165, 1.54) is 27.6 Å². The van der Waals surface area contributed by atoms with Crippen molar-refractivity contribution in [3.8, 4) is 0 Å². The molecule has 7 heavy (non-hydrogen) atoms. The number of nitrogens with zero attached hydrogens (tertiary/aromatic N) is 1. The quantitative estimate of drug-likeness (QED) is 0.439. The summed E-state index contributed by atoms with van der Waals surface area (Å²) < 4.78 is 1.28. The van der Waals surface area contributed by atoms with Gasteiger partial charge in [0.2, 0.25) is 10.4 Å². The molecule has 0 aromatic heterocycles. The standard InChI is InChI=1S/C5H16NSi/c1-4-6(3,7)5-2/h4-5H2,1-3,7H3/q+1. The normalized spacial score (nSPS) is 12.4. The summed E-state index contributed by atoms with van der Waals surface area (Å²) in [7, 11) is 3.58. The lowest BCUT2D eigenvalue weighted by Crippen LogP contribution is -2.40. The average Bonchev–Trinajstić information content (AvgIpc) is 1.68. The van der Waals surface area contributed by atoms with Crippen LogP contribution in [0.1, 0.15) is 13.8 Å². The van der Waals surface area contributed by atoms with E-state index in [1.54, 1.807) is 0 Å². The summed E-state index contributed by atoms with van der Waals surface area (Å²) in [5.41, 5.74) is 0. The third kappa shape index (κ3) is 2.82. The van der Waals surface area contributed by atoms with Gasteiger partial charge in [0.15, 0.2) is 0 Å². The summed E-state index contributed by atoms with van der Waals surface area (Å²) in [4.78, 5) is 0. The van der Waals surface area contributed by atoms with Crippen LogP contribution in [0.15, 0.2) is 0 Å². The molecule has 0 fully saturated rings. The highest BCUT2D eigenvalue weighted by Crippen LogP contribution is 1.89. The summed E-state index contributed by atoms with van der Waals surface area (Å²) in [6.07, 6.45) is 0. The van der Waals surface area contributed by atoms with Gasteiger partial charge in [-0.25, -0.2) is 0 Å². The summed E-state index contributed by atoms with van der Waals surface area (Å²) in [6.45, 7) is 7.08. The van der Waals surface area contributed by atoms with Crippen LogP contribution in [-0.2, 0) is 0 Å². The Bertz CT molecular complexity index is 46.0. The van der Waals surface area contributed by atoms with Gasteiger partial charge in [0, 0.05) is 0 Å². The first-order chi connectivity index (χ1) is 3.12. The van der Waals surface area contributed by atoms with E-state index < -0.39 is 0 Å². The van der Waals surface area contributed by atoms with Gasteiger partial charge in [-0.05, 0) is 13.8 Å². The van der Waals surface area contributed by atoms with E-state index in [2.05, 4.69) is 20.9 Å². The molecule has 0 radical (unpaired) electrons. The van der Waals surface area contributed by atoms with Crippen molar-refractivity contribution in [3.05, 3.63) is 0 Å². The molecule has 0 aliphatic rings. The summed E-state index contributed by atoms with van der Waals surface area (Å²) >= 11 is 0. The lowest BCUT2D eigenvalue weighted by Gasteiger charge is -2.28. The van der Waals surface area contributed by atoms with Gasteiger partial charge in [0.05, 0.1) is 20.1 Å². The second kappa shape index (κ2) is 2.48. The van der Waals surface area contributed by atoms with Crippen LogP contribution in [-0.4, -0.2) is 34.7 Å². The minimum Gasteiger partial charge on any atom is -0.393 e. The molecular weight excluding hydrogens is 102 g/mol. The van der Waals surface area contributed by atoms with Crippen molar-refractivity contribution in [2.45, 2.75) is 13.8 Å². The van der Waals surface area contributed by atoms with Gasteiger partial charge in [0.1, 0.15) is 0 Å². The molecule has 0 spiro atoms. The first kappa shape index (κ1) is 7.18. The summed E-state index contributed by atoms with van der Waals surface area (Å²) in [6, 6.07) is 0. The number of hydrogen-bond donors (Lipinski definition) is 0. The molecule has 0 aromatic rings. The summed E-state index contributed by atoms with van der Waals surface area (Å²) in [5.74, 6) is 0. The van der Waals surface area contributed by atoms with Crippen LogP contribution in [0.3, 0.4) is 0 Å². The van der Waals surface area contributed by atoms with Crippen molar-refractivity contribution in [1.29, 1.82) is 0 Å². The Hall–Kier alpha value is 0.177. The van der Waals surface area contributed by atoms with Crippen molar-refractivity contribution < 1.29 is 4.15 Å². The Morgan fingerprint density at radius 2 is 1.57 bits per heavy atom. The van der Waals surface area contributed by atoms with Crippen LogP contribution in [0.4, 0.5) is 0 Å². The van der Waals surface area contributed by atoms with E-state index >= 15 is 0 Å². The molecule has 0 saturated heterocycles. The monoisotopic (exact) mass is 118 g/mol. The summed E-state index contributed by atoms with van der Waals surface area (Å²) in [5, 5.41) is 0. The Morgan fingerprint density at radius 1 is 1.29 bits per heavy atom. The minimum atomic E-state index is 1.28. The predicted octanol–water partition coefficient (Wildman–Crippen LogP) is -0.247. The zero-order valence-corrected chi connectivity index (χ0v) is 7.86. The largest absolute Gasteiger partial charge is 0.393 e. The molecule has 44 valence electrons. The Balaban J connectivity index is 3.36. The van der Waals surface area contributed by atoms with Gasteiger partial charge in [-0.1, -0.05) is 0 Å². The number of rotatable bonds is 2. The molecule has 0 N–H and O–H groups in total. The van der Waals surface area contributed by atoms with E-state index in [4.69, 9.17) is 0 Å². The van der Waals surface area contributed by atoms with Crippen LogP contribution in [0.2, 0.25) is 0 Å². The van der Waals surface area contributed by atoms with E-state index in [9.17, 15) is 0 Å². The first-order valence-electron chi connectivity index (χ1n) is 2.94. The van der Waals surface area contributed by atoms with Crippen molar-refractivity contribution >= 4 is 10.4 Å². The SMILES string of the molecule is CC[N+](C)([SiH3])CC. The zero-order valence-electron chi connectivity index (χ0n) is 5.86. The van der Waals surface area contributed by atoms with Crippen molar-refractivity contribution in [1.82, 2.24) is 0 Å². The molecule has 0 amide bonds. The van der Waals surface area contributed by atoms with Crippen LogP contribution >= 0.6 is 0 Å². The third-order valence-corrected chi connectivity index (χ3v) is 2.98. The van der Waals surface area contributed by atoms with Crippen LogP contribution in [0, 0.1) is 0 Å². The molecule has 0 aliphatic heterocycles. The molecular formula is C5H16NSi+. The lowest BCUT2D eigenvalue weighted by molar-refractivity contribution is -0.791. The minimum absolute atomic E-state index is 1.28. The van der Waals surface area contributed by atoms with Gasteiger partial charge < -0.3 is 4.15 Å². The predicted molar refractivity (Wildman–Crippen MR) is 37.2 cm³/mol. The van der Waals surface area contributed by atoms with Gasteiger partial charge in [-0.15, -0.1) is 0 Å². The smallest absolute Gasteiger partial charge is 0.239 e. The lowest BCUT2D eigenvalue weighted by atomic mass is 10.6. The second-order valence-electron chi connectivity index (χ2n) is 2.57. The Labute approximate surface area is 49.4 Å². The Kier molecular flexibility index (Phi) is 2.54. The number of quaternary nitrogens is 1. The molecule has 0 rings (SSSR count). The highest BCUT2D eigenvalue weighted by Gasteiger charge is 2.03. The molecule has 0 bridgehead atoms. The molecule has 0 aromatic carbocycles. The van der Waals surface area contributed by atoms with Crippen LogP contribution < -0.4 is 0 Å². The van der Waals surface area contributed by atoms with Crippen LogP contribution in [0.5, 0.6) is 0 Å². The van der Waals surface area contributed by atoms with Crippen molar-refractivity contribution in [2.24, 2.45) is 0 Å². The molecule has 1 nitrogen and oxygen atoms in total. The van der Waals surface area contributed by atoms with Gasteiger partial charge >= 0.3 is 0 Å². The maximum atomic E-state index is 2.30. The molecule has 0 atom stereocenters. The fraction of sp³-hybridized carbons (Fsp3) is 1.00. The second-order valence-corrected chi connectivity index (χ2v) is 4.73. The molecule has 0 saturated carbocycles. The maximum Gasteiger partial charge on any atom is 0.239 e. The fourth-order valence-corrected chi connectivity index (χ4v) is 0.224. The van der Waals surface area contributed by atoms with Crippen molar-refractivity contribution in [3.63, 3.8) is 0 Å². The van der Waals surface area contributed by atoms with Crippen LogP contribution in [0.25, 0.3) is 0 Å². The third-order valence-electron chi connectivity index (χ3n) is 1.71. The molecule has 2 heteroatoms.